The van der Waals surface area contributed by atoms with Gasteiger partial charge >= 0.3 is 11.9 Å². The minimum Gasteiger partial charge on any atom is -0.466 e. The van der Waals surface area contributed by atoms with Crippen molar-refractivity contribution < 1.29 is 19.1 Å². The van der Waals surface area contributed by atoms with E-state index in [0.717, 1.165) is 56.8 Å². The summed E-state index contributed by atoms with van der Waals surface area (Å²) in [6.07, 6.45) is 19.7. The third-order valence-corrected chi connectivity index (χ3v) is 6.47. The van der Waals surface area contributed by atoms with Crippen LogP contribution in [0.2, 0.25) is 0 Å². The lowest BCUT2D eigenvalue weighted by molar-refractivity contribution is -0.145. The van der Waals surface area contributed by atoms with Gasteiger partial charge in [0, 0.05) is 12.8 Å². The molecule has 4 heteroatoms. The number of hydrogen-bond donors (Lipinski definition) is 0. The molecule has 0 aliphatic heterocycles. The summed E-state index contributed by atoms with van der Waals surface area (Å²) in [7, 11) is 0. The molecule has 0 radical (unpaired) electrons. The standard InChI is InChI=1S/C30H58O4/c1-26(2)19-13-11-17-23-33-29(31)22-16-10-8-6-7-9-15-21-28(5)25-30(32)34-24-18-12-14-20-27(3)4/h26-28H,6-25H2,1-5H3. The fourth-order valence-electron chi connectivity index (χ4n) is 4.20. The number of hydrogen-bond acceptors (Lipinski definition) is 4. The van der Waals surface area contributed by atoms with E-state index in [9.17, 15) is 9.59 Å². The number of carbonyl (C=O) groups excluding carboxylic acids is 2. The summed E-state index contributed by atoms with van der Waals surface area (Å²) in [6, 6.07) is 0. The second-order valence-electron chi connectivity index (χ2n) is 11.3. The molecular formula is C30H58O4. The van der Waals surface area contributed by atoms with Crippen molar-refractivity contribution in [3.8, 4) is 0 Å². The summed E-state index contributed by atoms with van der Waals surface area (Å²) in [5.74, 6) is 1.89. The fourth-order valence-corrected chi connectivity index (χ4v) is 4.20. The first-order valence-corrected chi connectivity index (χ1v) is 14.6. The van der Waals surface area contributed by atoms with Gasteiger partial charge in [-0.25, -0.2) is 0 Å². The van der Waals surface area contributed by atoms with Crippen LogP contribution in [0.25, 0.3) is 0 Å². The summed E-state index contributed by atoms with van der Waals surface area (Å²) in [5, 5.41) is 0. The van der Waals surface area contributed by atoms with Gasteiger partial charge in [0.15, 0.2) is 0 Å². The van der Waals surface area contributed by atoms with E-state index in [0.29, 0.717) is 32.0 Å². The van der Waals surface area contributed by atoms with Gasteiger partial charge in [-0.15, -0.1) is 0 Å². The zero-order valence-electron chi connectivity index (χ0n) is 23.5. The van der Waals surface area contributed by atoms with E-state index in [4.69, 9.17) is 9.47 Å². The van der Waals surface area contributed by atoms with E-state index in [1.54, 1.807) is 0 Å². The van der Waals surface area contributed by atoms with E-state index >= 15 is 0 Å². The highest BCUT2D eigenvalue weighted by molar-refractivity contribution is 5.69. The quantitative estimate of drug-likeness (QED) is 0.102. The zero-order valence-corrected chi connectivity index (χ0v) is 23.5. The highest BCUT2D eigenvalue weighted by Gasteiger charge is 2.10. The van der Waals surface area contributed by atoms with Gasteiger partial charge < -0.3 is 9.47 Å². The lowest BCUT2D eigenvalue weighted by Gasteiger charge is -2.11. The van der Waals surface area contributed by atoms with Gasteiger partial charge in [0.25, 0.3) is 0 Å². The van der Waals surface area contributed by atoms with Crippen LogP contribution in [0.1, 0.15) is 150 Å². The Labute approximate surface area is 212 Å². The molecular weight excluding hydrogens is 424 g/mol. The maximum absolute atomic E-state index is 11.9. The molecule has 0 aromatic heterocycles. The van der Waals surface area contributed by atoms with E-state index in [-0.39, 0.29) is 11.9 Å². The van der Waals surface area contributed by atoms with E-state index in [2.05, 4.69) is 34.6 Å². The molecule has 0 bridgehead atoms. The molecule has 1 atom stereocenters. The Kier molecular flexibility index (Phi) is 22.9. The van der Waals surface area contributed by atoms with Crippen molar-refractivity contribution in [2.75, 3.05) is 13.2 Å². The highest BCUT2D eigenvalue weighted by Crippen LogP contribution is 2.16. The minimum atomic E-state index is -0.0268. The Bertz CT molecular complexity index is 472. The van der Waals surface area contributed by atoms with Crippen molar-refractivity contribution in [3.63, 3.8) is 0 Å². The van der Waals surface area contributed by atoms with Gasteiger partial charge in [-0.05, 0) is 37.0 Å². The van der Waals surface area contributed by atoms with Crippen molar-refractivity contribution in [2.45, 2.75) is 150 Å². The van der Waals surface area contributed by atoms with Gasteiger partial charge in [0.2, 0.25) is 0 Å². The van der Waals surface area contributed by atoms with Crippen LogP contribution in [0.15, 0.2) is 0 Å². The molecule has 34 heavy (non-hydrogen) atoms. The van der Waals surface area contributed by atoms with Gasteiger partial charge in [-0.3, -0.25) is 9.59 Å². The van der Waals surface area contributed by atoms with Gasteiger partial charge in [0.05, 0.1) is 13.2 Å². The molecule has 4 nitrogen and oxygen atoms in total. The zero-order chi connectivity index (χ0) is 25.4. The Morgan fingerprint density at radius 1 is 0.500 bits per heavy atom. The summed E-state index contributed by atoms with van der Waals surface area (Å²) in [6.45, 7) is 12.3. The number of esters is 2. The van der Waals surface area contributed by atoms with Crippen molar-refractivity contribution in [1.82, 2.24) is 0 Å². The fraction of sp³-hybridized carbons (Fsp3) is 0.933. The van der Waals surface area contributed by atoms with Crippen LogP contribution in [-0.4, -0.2) is 25.2 Å². The summed E-state index contributed by atoms with van der Waals surface area (Å²) < 4.78 is 10.7. The lowest BCUT2D eigenvalue weighted by atomic mass is 9.99. The average molecular weight is 483 g/mol. The lowest BCUT2D eigenvalue weighted by Crippen LogP contribution is -2.10. The second kappa shape index (κ2) is 23.7. The molecule has 0 aliphatic carbocycles. The van der Waals surface area contributed by atoms with Crippen LogP contribution >= 0.6 is 0 Å². The molecule has 0 saturated carbocycles. The monoisotopic (exact) mass is 482 g/mol. The van der Waals surface area contributed by atoms with Crippen LogP contribution in [0.4, 0.5) is 0 Å². The molecule has 0 aliphatic rings. The molecule has 0 rings (SSSR count). The third-order valence-electron chi connectivity index (χ3n) is 6.47. The number of rotatable bonds is 24. The molecule has 0 N–H and O–H groups in total. The van der Waals surface area contributed by atoms with E-state index < -0.39 is 0 Å². The highest BCUT2D eigenvalue weighted by atomic mass is 16.5. The normalized spacial score (nSPS) is 12.3. The SMILES string of the molecule is CC(C)CCCCCOC(=O)CCCCCCCCCC(C)CC(=O)OCCCCCC(C)C. The molecule has 0 spiro atoms. The predicted octanol–water partition coefficient (Wildman–Crippen LogP) is 9.04. The Morgan fingerprint density at radius 2 is 0.912 bits per heavy atom. The van der Waals surface area contributed by atoms with Gasteiger partial charge in [-0.2, -0.15) is 0 Å². The molecule has 0 amide bonds. The Balaban J connectivity index is 3.39. The summed E-state index contributed by atoms with van der Waals surface area (Å²) in [4.78, 5) is 23.7. The van der Waals surface area contributed by atoms with Crippen LogP contribution in [0.3, 0.4) is 0 Å². The average Bonchev–Trinajstić information content (AvgIpc) is 2.76. The first-order valence-electron chi connectivity index (χ1n) is 14.6. The summed E-state index contributed by atoms with van der Waals surface area (Å²) in [5.41, 5.74) is 0. The molecule has 0 saturated heterocycles. The van der Waals surface area contributed by atoms with Crippen LogP contribution < -0.4 is 0 Å². The maximum atomic E-state index is 11.9. The van der Waals surface area contributed by atoms with Gasteiger partial charge in [-0.1, -0.05) is 118 Å². The number of ether oxygens (including phenoxy) is 2. The first-order chi connectivity index (χ1) is 16.3. The molecule has 0 fully saturated rings. The van der Waals surface area contributed by atoms with Crippen LogP contribution in [0, 0.1) is 17.8 Å². The molecule has 0 heterocycles. The van der Waals surface area contributed by atoms with Crippen molar-refractivity contribution in [2.24, 2.45) is 17.8 Å². The second-order valence-corrected chi connectivity index (χ2v) is 11.3. The first kappa shape index (κ1) is 32.9. The van der Waals surface area contributed by atoms with E-state index in [1.165, 1.54) is 57.8 Å². The summed E-state index contributed by atoms with van der Waals surface area (Å²) >= 11 is 0. The van der Waals surface area contributed by atoms with Gasteiger partial charge in [0.1, 0.15) is 0 Å². The van der Waals surface area contributed by atoms with Crippen molar-refractivity contribution >= 4 is 11.9 Å². The molecule has 0 aromatic carbocycles. The topological polar surface area (TPSA) is 52.6 Å². The van der Waals surface area contributed by atoms with Crippen LogP contribution in [0.5, 0.6) is 0 Å². The Hall–Kier alpha value is -1.06. The predicted molar refractivity (Wildman–Crippen MR) is 144 cm³/mol. The van der Waals surface area contributed by atoms with E-state index in [1.807, 2.05) is 0 Å². The largest absolute Gasteiger partial charge is 0.466 e. The third kappa shape index (κ3) is 25.6. The maximum Gasteiger partial charge on any atom is 0.306 e. The Morgan fingerprint density at radius 3 is 1.44 bits per heavy atom. The molecule has 1 unspecified atom stereocenters. The molecule has 202 valence electrons. The van der Waals surface area contributed by atoms with Crippen molar-refractivity contribution in [3.05, 3.63) is 0 Å². The molecule has 0 aromatic rings. The van der Waals surface area contributed by atoms with Crippen molar-refractivity contribution in [1.29, 1.82) is 0 Å². The van der Waals surface area contributed by atoms with Crippen LogP contribution in [-0.2, 0) is 19.1 Å². The smallest absolute Gasteiger partial charge is 0.306 e. The number of carbonyl (C=O) groups is 2. The minimum absolute atomic E-state index is 0.0255. The number of unbranched alkanes of at least 4 members (excludes halogenated alkanes) is 10.